The molecular weight excluding hydrogens is 476 g/mol. The number of carbonyl (C=O) groups excluding carboxylic acids is 3. The fourth-order valence-corrected chi connectivity index (χ4v) is 3.06. The van der Waals surface area contributed by atoms with Crippen LogP contribution in [0.4, 0.5) is 5.69 Å². The lowest BCUT2D eigenvalue weighted by Crippen LogP contribution is -2.29. The summed E-state index contributed by atoms with van der Waals surface area (Å²) in [6, 6.07) is 18.1. The molecule has 0 radical (unpaired) electrons. The third kappa shape index (κ3) is 7.47. The minimum absolute atomic E-state index is 0.00556. The largest absolute Gasteiger partial charge is 0.423 e. The molecule has 0 aromatic heterocycles. The molecule has 0 aliphatic carbocycles. The van der Waals surface area contributed by atoms with Crippen LogP contribution in [-0.2, 0) is 4.79 Å². The predicted octanol–water partition coefficient (Wildman–Crippen LogP) is 3.74. The number of rotatable bonds is 9. The highest BCUT2D eigenvalue weighted by atomic mass is 35.5. The lowest BCUT2D eigenvalue weighted by atomic mass is 10.2. The Kier molecular flexibility index (Phi) is 8.63. The summed E-state index contributed by atoms with van der Waals surface area (Å²) in [4.78, 5) is 46.6. The first-order chi connectivity index (χ1) is 16.8. The normalized spacial score (nSPS) is 10.5. The van der Waals surface area contributed by atoms with E-state index in [0.29, 0.717) is 16.1 Å². The number of amides is 2. The minimum Gasteiger partial charge on any atom is -0.423 e. The number of nitrogens with one attached hydrogen (secondary N) is 2. The number of halogens is 1. The van der Waals surface area contributed by atoms with E-state index in [4.69, 9.17) is 16.3 Å². The molecule has 3 aromatic rings. The van der Waals surface area contributed by atoms with Crippen molar-refractivity contribution in [1.29, 1.82) is 0 Å². The second kappa shape index (κ2) is 12.1. The molecule has 3 rings (SSSR count). The van der Waals surface area contributed by atoms with E-state index in [1.54, 1.807) is 36.4 Å². The van der Waals surface area contributed by atoms with Crippen LogP contribution in [0.25, 0.3) is 0 Å². The van der Waals surface area contributed by atoms with Crippen molar-refractivity contribution < 1.29 is 24.0 Å². The number of esters is 1. The fourth-order valence-electron chi connectivity index (χ4n) is 2.84. The molecule has 0 saturated carbocycles. The highest BCUT2D eigenvalue weighted by molar-refractivity contribution is 6.33. The highest BCUT2D eigenvalue weighted by Crippen LogP contribution is 2.18. The van der Waals surface area contributed by atoms with E-state index >= 15 is 0 Å². The van der Waals surface area contributed by atoms with Gasteiger partial charge in [-0.1, -0.05) is 41.9 Å². The third-order valence-corrected chi connectivity index (χ3v) is 4.85. The van der Waals surface area contributed by atoms with Crippen molar-refractivity contribution in [2.75, 3.05) is 6.54 Å². The Morgan fingerprint density at radius 2 is 1.80 bits per heavy atom. The second-order valence-corrected chi connectivity index (χ2v) is 7.46. The Balaban J connectivity index is 1.48. The zero-order valence-electron chi connectivity index (χ0n) is 18.1. The van der Waals surface area contributed by atoms with Crippen molar-refractivity contribution in [3.05, 3.63) is 105 Å². The Hall–Kier alpha value is -4.57. The number of nitrogens with zero attached hydrogens (tertiary/aromatic N) is 2. The quantitative estimate of drug-likeness (QED) is 0.153. The van der Waals surface area contributed by atoms with Gasteiger partial charge < -0.3 is 10.1 Å². The predicted molar refractivity (Wildman–Crippen MR) is 129 cm³/mol. The van der Waals surface area contributed by atoms with Gasteiger partial charge in [0.1, 0.15) is 5.75 Å². The van der Waals surface area contributed by atoms with Crippen LogP contribution < -0.4 is 15.5 Å². The Labute approximate surface area is 204 Å². The van der Waals surface area contributed by atoms with Gasteiger partial charge in [-0.15, -0.1) is 0 Å². The van der Waals surface area contributed by atoms with Crippen LogP contribution in [0.15, 0.2) is 77.9 Å². The van der Waals surface area contributed by atoms with Gasteiger partial charge in [-0.3, -0.25) is 19.7 Å². The third-order valence-electron chi connectivity index (χ3n) is 4.52. The van der Waals surface area contributed by atoms with Gasteiger partial charge in [-0.05, 0) is 35.9 Å². The van der Waals surface area contributed by atoms with E-state index in [1.807, 2.05) is 0 Å². The highest BCUT2D eigenvalue weighted by Gasteiger charge is 2.14. The Bertz CT molecular complexity index is 1290. The van der Waals surface area contributed by atoms with E-state index in [1.165, 1.54) is 36.5 Å². The molecule has 0 spiro atoms. The summed E-state index contributed by atoms with van der Waals surface area (Å²) >= 11 is 5.96. The lowest BCUT2D eigenvalue weighted by Gasteiger charge is -2.06. The number of carbonyl (C=O) groups is 3. The molecule has 0 saturated heterocycles. The molecule has 178 valence electrons. The summed E-state index contributed by atoms with van der Waals surface area (Å²) in [6.07, 6.45) is 1.35. The molecule has 2 amide bonds. The molecule has 0 atom stereocenters. The standard InChI is InChI=1S/C24H19ClN4O6/c25-21-10-2-1-9-20(21)23(31)26-12-11-22(30)28-27-15-16-5-3-8-19(13-16)35-24(32)17-6-4-7-18(14-17)29(33)34/h1-10,13-15H,11-12H2,(H,26,31)(H,28,30). The number of nitro benzene ring substituents is 1. The smallest absolute Gasteiger partial charge is 0.343 e. The average Bonchev–Trinajstić information content (AvgIpc) is 2.84. The number of hydrogen-bond donors (Lipinski definition) is 2. The molecule has 0 fully saturated rings. The van der Waals surface area contributed by atoms with Crippen LogP contribution in [0.3, 0.4) is 0 Å². The number of ether oxygens (including phenoxy) is 1. The first-order valence-corrected chi connectivity index (χ1v) is 10.6. The van der Waals surface area contributed by atoms with Gasteiger partial charge in [0.25, 0.3) is 11.6 Å². The molecule has 10 nitrogen and oxygen atoms in total. The van der Waals surface area contributed by atoms with Gasteiger partial charge in [0.05, 0.1) is 27.3 Å². The van der Waals surface area contributed by atoms with E-state index in [-0.39, 0.29) is 35.9 Å². The van der Waals surface area contributed by atoms with Crippen LogP contribution in [0.2, 0.25) is 5.02 Å². The maximum Gasteiger partial charge on any atom is 0.343 e. The van der Waals surface area contributed by atoms with Crippen LogP contribution in [0.5, 0.6) is 5.75 Å². The molecule has 35 heavy (non-hydrogen) atoms. The van der Waals surface area contributed by atoms with Crippen LogP contribution in [0, 0.1) is 10.1 Å². The van der Waals surface area contributed by atoms with E-state index in [0.717, 1.165) is 6.07 Å². The molecule has 0 heterocycles. The van der Waals surface area contributed by atoms with E-state index < -0.39 is 16.8 Å². The second-order valence-electron chi connectivity index (χ2n) is 7.05. The van der Waals surface area contributed by atoms with Crippen molar-refractivity contribution in [2.24, 2.45) is 5.10 Å². The molecule has 0 aliphatic rings. The summed E-state index contributed by atoms with van der Waals surface area (Å²) in [5.74, 6) is -1.37. The SMILES string of the molecule is O=C(CCNC(=O)c1ccccc1Cl)NN=Cc1cccc(OC(=O)c2cccc([N+](=O)[O-])c2)c1. The monoisotopic (exact) mass is 494 g/mol. The number of non-ortho nitro benzene ring substituents is 1. The lowest BCUT2D eigenvalue weighted by molar-refractivity contribution is -0.384. The first kappa shape index (κ1) is 25.1. The molecule has 2 N–H and O–H groups in total. The summed E-state index contributed by atoms with van der Waals surface area (Å²) in [6.45, 7) is 0.0918. The van der Waals surface area contributed by atoms with Crippen LogP contribution >= 0.6 is 11.6 Å². The van der Waals surface area contributed by atoms with Crippen LogP contribution in [0.1, 0.15) is 32.7 Å². The van der Waals surface area contributed by atoms with Crippen molar-refractivity contribution in [3.63, 3.8) is 0 Å². The molecule has 0 unspecified atom stereocenters. The summed E-state index contributed by atoms with van der Waals surface area (Å²) in [5.41, 5.74) is 3.00. The molecule has 0 bridgehead atoms. The van der Waals surface area contributed by atoms with Gasteiger partial charge in [-0.2, -0.15) is 5.10 Å². The molecule has 0 aliphatic heterocycles. The molecule has 11 heteroatoms. The van der Waals surface area contributed by atoms with E-state index in [2.05, 4.69) is 15.8 Å². The number of benzene rings is 3. The van der Waals surface area contributed by atoms with Crippen LogP contribution in [-0.4, -0.2) is 35.5 Å². The zero-order valence-corrected chi connectivity index (χ0v) is 18.9. The average molecular weight is 495 g/mol. The van der Waals surface area contributed by atoms with E-state index in [9.17, 15) is 24.5 Å². The number of hydrazone groups is 1. The van der Waals surface area contributed by atoms with Crippen molar-refractivity contribution in [3.8, 4) is 5.75 Å². The Morgan fingerprint density at radius 3 is 2.57 bits per heavy atom. The zero-order chi connectivity index (χ0) is 25.2. The Morgan fingerprint density at radius 1 is 1.03 bits per heavy atom. The summed E-state index contributed by atoms with van der Waals surface area (Å²) < 4.78 is 5.26. The molecular formula is C24H19ClN4O6. The molecule has 3 aromatic carbocycles. The van der Waals surface area contributed by atoms with Gasteiger partial charge in [-0.25, -0.2) is 10.2 Å². The number of nitro groups is 1. The van der Waals surface area contributed by atoms with Gasteiger partial charge >= 0.3 is 5.97 Å². The van der Waals surface area contributed by atoms with Gasteiger partial charge in [0.2, 0.25) is 5.91 Å². The minimum atomic E-state index is -0.755. The van der Waals surface area contributed by atoms with Crippen molar-refractivity contribution in [2.45, 2.75) is 6.42 Å². The number of hydrogen-bond acceptors (Lipinski definition) is 7. The maximum atomic E-state index is 12.3. The van der Waals surface area contributed by atoms with Gasteiger partial charge in [0.15, 0.2) is 0 Å². The van der Waals surface area contributed by atoms with Crippen molar-refractivity contribution in [1.82, 2.24) is 10.7 Å². The fraction of sp³-hybridized carbons (Fsp3) is 0.0833. The first-order valence-electron chi connectivity index (χ1n) is 10.2. The summed E-state index contributed by atoms with van der Waals surface area (Å²) in [5, 5.41) is 17.6. The summed E-state index contributed by atoms with van der Waals surface area (Å²) in [7, 11) is 0. The van der Waals surface area contributed by atoms with Gasteiger partial charge in [0, 0.05) is 25.1 Å². The van der Waals surface area contributed by atoms with Crippen molar-refractivity contribution >= 4 is 41.3 Å². The maximum absolute atomic E-state index is 12.3. The topological polar surface area (TPSA) is 140 Å².